The second-order valence-electron chi connectivity index (χ2n) is 4.29. The van der Waals surface area contributed by atoms with Gasteiger partial charge in [0.25, 0.3) is 5.91 Å². The summed E-state index contributed by atoms with van der Waals surface area (Å²) in [4.78, 5) is 13.4. The summed E-state index contributed by atoms with van der Waals surface area (Å²) in [6, 6.07) is 9.77. The third kappa shape index (κ3) is 4.30. The minimum Gasteiger partial charge on any atom is -0.382 e. The molecular weight excluding hydrogens is 226 g/mol. The largest absolute Gasteiger partial charge is 0.382 e. The molecule has 1 aromatic rings. The Kier molecular flexibility index (Phi) is 4.94. The highest BCUT2D eigenvalue weighted by molar-refractivity contribution is 5.97. The average Bonchev–Trinajstić information content (AvgIpc) is 2.34. The molecule has 0 radical (unpaired) electrons. The highest BCUT2D eigenvalue weighted by atomic mass is 16.1. The van der Waals surface area contributed by atoms with E-state index in [4.69, 9.17) is 5.26 Å². The van der Waals surface area contributed by atoms with Gasteiger partial charge in [0.15, 0.2) is 0 Å². The summed E-state index contributed by atoms with van der Waals surface area (Å²) in [6.07, 6.45) is 1.50. The summed E-state index contributed by atoms with van der Waals surface area (Å²) >= 11 is 0. The molecule has 0 fully saturated rings. The van der Waals surface area contributed by atoms with Crippen LogP contribution in [0.5, 0.6) is 0 Å². The third-order valence-corrected chi connectivity index (χ3v) is 2.33. The Labute approximate surface area is 108 Å². The highest BCUT2D eigenvalue weighted by Gasteiger charge is 2.08. The lowest BCUT2D eigenvalue weighted by atomic mass is 10.1. The van der Waals surface area contributed by atoms with Crippen LogP contribution in [-0.2, 0) is 11.3 Å². The quantitative estimate of drug-likeness (QED) is 0.645. The van der Waals surface area contributed by atoms with Gasteiger partial charge in [0.05, 0.1) is 0 Å². The number of hydrogen-bond acceptors (Lipinski definition) is 3. The van der Waals surface area contributed by atoms with Crippen LogP contribution in [0.2, 0.25) is 0 Å². The molecule has 18 heavy (non-hydrogen) atoms. The van der Waals surface area contributed by atoms with E-state index in [0.29, 0.717) is 6.54 Å². The lowest BCUT2D eigenvalue weighted by Gasteiger charge is -2.08. The van der Waals surface area contributed by atoms with Crippen LogP contribution in [-0.4, -0.2) is 24.9 Å². The first-order valence-electron chi connectivity index (χ1n) is 5.65. The van der Waals surface area contributed by atoms with Crippen molar-refractivity contribution in [3.63, 3.8) is 0 Å². The van der Waals surface area contributed by atoms with Crippen molar-refractivity contribution in [2.45, 2.75) is 13.5 Å². The molecule has 0 aliphatic heterocycles. The maximum atomic E-state index is 11.7. The fraction of sp³-hybridized carbons (Fsp3) is 0.286. The van der Waals surface area contributed by atoms with E-state index in [2.05, 4.69) is 5.32 Å². The number of rotatable bonds is 4. The van der Waals surface area contributed by atoms with E-state index in [-0.39, 0.29) is 11.5 Å². The number of amides is 1. The Balaban J connectivity index is 2.61. The summed E-state index contributed by atoms with van der Waals surface area (Å²) in [7, 11) is 3.54. The number of carbonyl (C=O) groups excluding carboxylic acids is 1. The van der Waals surface area contributed by atoms with Crippen molar-refractivity contribution in [1.82, 2.24) is 10.2 Å². The summed E-state index contributed by atoms with van der Waals surface area (Å²) in [5.41, 5.74) is 2.29. The third-order valence-electron chi connectivity index (χ3n) is 2.33. The maximum absolute atomic E-state index is 11.7. The first kappa shape index (κ1) is 13.8. The predicted octanol–water partition coefficient (Wildman–Crippen LogP) is 1.58. The molecule has 94 valence electrons. The molecule has 0 saturated heterocycles. The molecular formula is C14H17N3O. The van der Waals surface area contributed by atoms with Gasteiger partial charge in [-0.05, 0) is 12.5 Å². The molecule has 0 atom stereocenters. The van der Waals surface area contributed by atoms with Crippen LogP contribution in [0, 0.1) is 18.3 Å². The Bertz CT molecular complexity index is 481. The number of aryl methyl sites for hydroxylation is 1. The number of nitrogens with one attached hydrogen (secondary N) is 1. The molecule has 0 unspecified atom stereocenters. The zero-order valence-corrected chi connectivity index (χ0v) is 10.9. The molecule has 1 N–H and O–H groups in total. The fourth-order valence-electron chi connectivity index (χ4n) is 1.38. The number of hydrogen-bond donors (Lipinski definition) is 1. The monoisotopic (exact) mass is 243 g/mol. The molecule has 0 spiro atoms. The van der Waals surface area contributed by atoms with Gasteiger partial charge in [-0.15, -0.1) is 0 Å². The van der Waals surface area contributed by atoms with Crippen LogP contribution in [0.1, 0.15) is 11.1 Å². The van der Waals surface area contributed by atoms with Gasteiger partial charge in [0.2, 0.25) is 0 Å². The molecule has 0 heterocycles. The van der Waals surface area contributed by atoms with Gasteiger partial charge in [-0.3, -0.25) is 4.79 Å². The summed E-state index contributed by atoms with van der Waals surface area (Å²) in [5.74, 6) is -0.355. The van der Waals surface area contributed by atoms with Gasteiger partial charge in [-0.2, -0.15) is 5.26 Å². The number of benzene rings is 1. The fourth-order valence-corrected chi connectivity index (χ4v) is 1.38. The van der Waals surface area contributed by atoms with Crippen molar-refractivity contribution in [2.75, 3.05) is 14.1 Å². The summed E-state index contributed by atoms with van der Waals surface area (Å²) in [6.45, 7) is 2.43. The highest BCUT2D eigenvalue weighted by Crippen LogP contribution is 2.03. The van der Waals surface area contributed by atoms with Gasteiger partial charge in [-0.1, -0.05) is 29.8 Å². The number of nitrogens with zero attached hydrogens (tertiary/aromatic N) is 2. The van der Waals surface area contributed by atoms with Crippen LogP contribution in [0.25, 0.3) is 0 Å². The van der Waals surface area contributed by atoms with Gasteiger partial charge < -0.3 is 10.2 Å². The zero-order valence-electron chi connectivity index (χ0n) is 10.9. The molecule has 0 aliphatic carbocycles. The Morgan fingerprint density at radius 2 is 2.00 bits per heavy atom. The zero-order chi connectivity index (χ0) is 13.5. The SMILES string of the molecule is Cc1ccc(CNC(=O)/C(C#N)=C\N(C)C)cc1. The van der Waals surface area contributed by atoms with E-state index in [1.165, 1.54) is 11.8 Å². The molecule has 4 nitrogen and oxygen atoms in total. The Morgan fingerprint density at radius 3 is 2.50 bits per heavy atom. The van der Waals surface area contributed by atoms with E-state index < -0.39 is 0 Å². The summed E-state index contributed by atoms with van der Waals surface area (Å²) in [5, 5.41) is 11.6. The van der Waals surface area contributed by atoms with Crippen molar-refractivity contribution in [3.8, 4) is 6.07 Å². The van der Waals surface area contributed by atoms with Crippen LogP contribution >= 0.6 is 0 Å². The van der Waals surface area contributed by atoms with Crippen molar-refractivity contribution >= 4 is 5.91 Å². The van der Waals surface area contributed by atoms with Gasteiger partial charge in [-0.25, -0.2) is 0 Å². The second-order valence-corrected chi connectivity index (χ2v) is 4.29. The van der Waals surface area contributed by atoms with E-state index in [1.807, 2.05) is 37.3 Å². The average molecular weight is 243 g/mol. The second kappa shape index (κ2) is 6.45. The van der Waals surface area contributed by atoms with Crippen LogP contribution in [0.3, 0.4) is 0 Å². The molecule has 0 saturated carbocycles. The van der Waals surface area contributed by atoms with Crippen molar-refractivity contribution in [3.05, 3.63) is 47.2 Å². The van der Waals surface area contributed by atoms with Crippen LogP contribution < -0.4 is 5.32 Å². The summed E-state index contributed by atoms with van der Waals surface area (Å²) < 4.78 is 0. The molecule has 0 aromatic heterocycles. The molecule has 1 rings (SSSR count). The first-order valence-corrected chi connectivity index (χ1v) is 5.65. The van der Waals surface area contributed by atoms with Crippen molar-refractivity contribution in [2.24, 2.45) is 0 Å². The maximum Gasteiger partial charge on any atom is 0.263 e. The van der Waals surface area contributed by atoms with E-state index in [1.54, 1.807) is 19.0 Å². The van der Waals surface area contributed by atoms with Gasteiger partial charge in [0, 0.05) is 26.8 Å². The minimum atomic E-state index is -0.355. The van der Waals surface area contributed by atoms with E-state index in [9.17, 15) is 4.79 Å². The molecule has 1 aromatic carbocycles. The number of carbonyl (C=O) groups is 1. The Hall–Kier alpha value is -2.28. The Morgan fingerprint density at radius 1 is 1.39 bits per heavy atom. The lowest BCUT2D eigenvalue weighted by molar-refractivity contribution is -0.117. The molecule has 0 aliphatic rings. The molecule has 0 bridgehead atoms. The van der Waals surface area contributed by atoms with Crippen LogP contribution in [0.15, 0.2) is 36.0 Å². The van der Waals surface area contributed by atoms with Crippen molar-refractivity contribution in [1.29, 1.82) is 5.26 Å². The smallest absolute Gasteiger partial charge is 0.263 e. The van der Waals surface area contributed by atoms with Gasteiger partial charge in [0.1, 0.15) is 11.6 Å². The first-order chi connectivity index (χ1) is 8.52. The lowest BCUT2D eigenvalue weighted by Crippen LogP contribution is -2.25. The van der Waals surface area contributed by atoms with Gasteiger partial charge >= 0.3 is 0 Å². The molecule has 4 heteroatoms. The standard InChI is InChI=1S/C14H17N3O/c1-11-4-6-12(7-5-11)9-16-14(18)13(8-15)10-17(2)3/h4-7,10H,9H2,1-3H3,(H,16,18)/b13-10-. The normalized spacial score (nSPS) is 10.7. The van der Waals surface area contributed by atoms with Crippen LogP contribution in [0.4, 0.5) is 0 Å². The van der Waals surface area contributed by atoms with E-state index >= 15 is 0 Å². The predicted molar refractivity (Wildman–Crippen MR) is 70.4 cm³/mol. The minimum absolute atomic E-state index is 0.104. The van der Waals surface area contributed by atoms with E-state index in [0.717, 1.165) is 5.56 Å². The molecule has 1 amide bonds. The number of nitriles is 1. The van der Waals surface area contributed by atoms with Crippen molar-refractivity contribution < 1.29 is 4.79 Å². The topological polar surface area (TPSA) is 56.1 Å².